The van der Waals surface area contributed by atoms with Crippen molar-refractivity contribution in [1.82, 2.24) is 0 Å². The molecule has 1 atom stereocenters. The van der Waals surface area contributed by atoms with Gasteiger partial charge in [-0.1, -0.05) is 55.3 Å². The van der Waals surface area contributed by atoms with Gasteiger partial charge >= 0.3 is 5.97 Å². The van der Waals surface area contributed by atoms with Crippen molar-refractivity contribution >= 4 is 17.3 Å². The number of esters is 1. The number of carbonyl (C=O) groups excluding carboxylic acids is 2. The molecule has 0 aromatic heterocycles. The molecule has 0 bridgehead atoms. The van der Waals surface area contributed by atoms with Crippen LogP contribution in [0, 0.1) is 5.82 Å². The number of fused-ring (bicyclic) bond motifs is 2. The summed E-state index contributed by atoms with van der Waals surface area (Å²) in [5.41, 5.74) is 5.24. The molecule has 0 amide bonds. The lowest BCUT2D eigenvalue weighted by atomic mass is 9.75. The molecule has 0 aliphatic heterocycles. The third-order valence-electron chi connectivity index (χ3n) is 6.67. The fraction of sp³-hybridized carbons (Fsp3) is 0.357. The molecule has 1 N–H and O–H groups in total. The second-order valence-electron chi connectivity index (χ2n) is 8.80. The largest absolute Gasteiger partial charge is 0.466 e. The third-order valence-corrected chi connectivity index (χ3v) is 6.67. The van der Waals surface area contributed by atoms with Crippen LogP contribution in [0.5, 0.6) is 0 Å². The van der Waals surface area contributed by atoms with Crippen molar-refractivity contribution in [3.8, 4) is 0 Å². The maximum atomic E-state index is 13.6. The molecule has 33 heavy (non-hydrogen) atoms. The van der Waals surface area contributed by atoms with Crippen LogP contribution in [0.1, 0.15) is 62.1 Å². The van der Waals surface area contributed by atoms with Crippen molar-refractivity contribution in [3.05, 3.63) is 88.8 Å². The number of hydrogen-bond donors (Lipinski definition) is 1. The maximum absolute atomic E-state index is 13.6. The van der Waals surface area contributed by atoms with E-state index in [9.17, 15) is 19.1 Å². The molecule has 2 aromatic rings. The van der Waals surface area contributed by atoms with Crippen molar-refractivity contribution in [3.63, 3.8) is 0 Å². The summed E-state index contributed by atoms with van der Waals surface area (Å²) in [7, 11) is 0. The summed E-state index contributed by atoms with van der Waals surface area (Å²) in [5, 5.41) is 10.1. The lowest BCUT2D eigenvalue weighted by Gasteiger charge is -2.28. The molecule has 1 saturated carbocycles. The SMILES string of the molecule is CCOC(=O)CC(O)CC(=O)C=CC1=C(c2ccc(F)cc2)c2ccccc2C12CCCC2. The molecule has 5 heteroatoms. The van der Waals surface area contributed by atoms with E-state index in [0.717, 1.165) is 48.0 Å². The third kappa shape index (κ3) is 4.69. The van der Waals surface area contributed by atoms with E-state index >= 15 is 0 Å². The van der Waals surface area contributed by atoms with Crippen molar-refractivity contribution < 1.29 is 23.8 Å². The Morgan fingerprint density at radius 3 is 2.48 bits per heavy atom. The second kappa shape index (κ2) is 9.84. The number of aliphatic hydroxyl groups excluding tert-OH is 1. The van der Waals surface area contributed by atoms with E-state index < -0.39 is 12.1 Å². The summed E-state index contributed by atoms with van der Waals surface area (Å²) in [6, 6.07) is 14.8. The first-order valence-electron chi connectivity index (χ1n) is 11.6. The van der Waals surface area contributed by atoms with Gasteiger partial charge in [-0.05, 0) is 65.8 Å². The van der Waals surface area contributed by atoms with Crippen LogP contribution in [0.25, 0.3) is 5.57 Å². The van der Waals surface area contributed by atoms with E-state index in [-0.39, 0.29) is 36.5 Å². The van der Waals surface area contributed by atoms with E-state index in [1.54, 1.807) is 19.1 Å². The van der Waals surface area contributed by atoms with Crippen molar-refractivity contribution in [2.45, 2.75) is 57.0 Å². The molecule has 0 saturated heterocycles. The molecular weight excluding hydrogens is 419 g/mol. The van der Waals surface area contributed by atoms with Crippen LogP contribution < -0.4 is 0 Å². The molecule has 172 valence electrons. The number of carbonyl (C=O) groups is 2. The molecule has 2 aliphatic rings. The highest BCUT2D eigenvalue weighted by Gasteiger charge is 2.45. The summed E-state index contributed by atoms with van der Waals surface area (Å²) in [5.74, 6) is -1.05. The first-order valence-corrected chi connectivity index (χ1v) is 11.6. The van der Waals surface area contributed by atoms with Gasteiger partial charge in [0.1, 0.15) is 5.82 Å². The van der Waals surface area contributed by atoms with Crippen LogP contribution in [0.3, 0.4) is 0 Å². The van der Waals surface area contributed by atoms with E-state index in [1.807, 2.05) is 18.2 Å². The number of halogens is 1. The predicted molar refractivity (Wildman–Crippen MR) is 125 cm³/mol. The average Bonchev–Trinajstić information content (AvgIpc) is 3.37. The molecule has 0 radical (unpaired) electrons. The normalized spacial score (nSPS) is 17.5. The topological polar surface area (TPSA) is 63.6 Å². The van der Waals surface area contributed by atoms with Gasteiger partial charge in [0.15, 0.2) is 5.78 Å². The highest BCUT2D eigenvalue weighted by Crippen LogP contribution is 2.57. The zero-order valence-electron chi connectivity index (χ0n) is 18.9. The Kier molecular flexibility index (Phi) is 6.89. The second-order valence-corrected chi connectivity index (χ2v) is 8.80. The van der Waals surface area contributed by atoms with E-state index in [4.69, 9.17) is 4.74 Å². The molecule has 4 nitrogen and oxygen atoms in total. The summed E-state index contributed by atoms with van der Waals surface area (Å²) in [6.45, 7) is 1.94. The molecular formula is C28H29FO4. The van der Waals surface area contributed by atoms with Crippen LogP contribution in [-0.2, 0) is 19.7 Å². The van der Waals surface area contributed by atoms with E-state index in [1.165, 1.54) is 23.8 Å². The zero-order valence-corrected chi connectivity index (χ0v) is 18.9. The Morgan fingerprint density at radius 1 is 1.09 bits per heavy atom. The van der Waals surface area contributed by atoms with Gasteiger partial charge in [-0.25, -0.2) is 4.39 Å². The minimum absolute atomic E-state index is 0.144. The van der Waals surface area contributed by atoms with Gasteiger partial charge in [-0.3, -0.25) is 9.59 Å². The standard InChI is InChI=1S/C28H29FO4/c1-2-33-26(32)18-22(31)17-21(30)13-14-25-27(19-9-11-20(29)12-10-19)23-7-3-4-8-24(23)28(25)15-5-6-16-28/h3-4,7-14,22,31H,2,5-6,15-18H2,1H3. The van der Waals surface area contributed by atoms with Gasteiger partial charge in [0.25, 0.3) is 0 Å². The van der Waals surface area contributed by atoms with Crippen molar-refractivity contribution in [2.24, 2.45) is 0 Å². The van der Waals surface area contributed by atoms with Crippen molar-refractivity contribution in [2.75, 3.05) is 6.61 Å². The molecule has 1 spiro atoms. The fourth-order valence-corrected chi connectivity index (χ4v) is 5.30. The molecule has 1 unspecified atom stereocenters. The van der Waals surface area contributed by atoms with E-state index in [0.29, 0.717) is 0 Å². The lowest BCUT2D eigenvalue weighted by molar-refractivity contribution is -0.145. The monoisotopic (exact) mass is 448 g/mol. The number of allylic oxidation sites excluding steroid dienone is 3. The molecule has 1 fully saturated rings. The van der Waals surface area contributed by atoms with Gasteiger partial charge in [-0.15, -0.1) is 0 Å². The highest BCUT2D eigenvalue weighted by atomic mass is 19.1. The fourth-order valence-electron chi connectivity index (χ4n) is 5.30. The van der Waals surface area contributed by atoms with Crippen LogP contribution in [0.2, 0.25) is 0 Å². The van der Waals surface area contributed by atoms with Gasteiger partial charge in [-0.2, -0.15) is 0 Å². The Balaban J connectivity index is 1.68. The van der Waals surface area contributed by atoms with Crippen LogP contribution >= 0.6 is 0 Å². The first-order chi connectivity index (χ1) is 15.9. The summed E-state index contributed by atoms with van der Waals surface area (Å²) >= 11 is 0. The Bertz CT molecular complexity index is 1090. The molecule has 4 rings (SSSR count). The Labute approximate surface area is 193 Å². The molecule has 0 heterocycles. The van der Waals surface area contributed by atoms with Gasteiger partial charge in [0.05, 0.1) is 19.1 Å². The number of ketones is 1. The van der Waals surface area contributed by atoms with Crippen LogP contribution in [0.15, 0.2) is 66.3 Å². The van der Waals surface area contributed by atoms with E-state index in [2.05, 4.69) is 12.1 Å². The summed E-state index contributed by atoms with van der Waals surface area (Å²) < 4.78 is 18.5. The lowest BCUT2D eigenvalue weighted by Crippen LogP contribution is -2.22. The number of benzene rings is 2. The zero-order chi connectivity index (χ0) is 23.4. The number of ether oxygens (including phenoxy) is 1. The number of aliphatic hydroxyl groups is 1. The molecule has 2 aliphatic carbocycles. The number of hydrogen-bond acceptors (Lipinski definition) is 4. The minimum atomic E-state index is -1.08. The maximum Gasteiger partial charge on any atom is 0.308 e. The van der Waals surface area contributed by atoms with Gasteiger partial charge < -0.3 is 9.84 Å². The van der Waals surface area contributed by atoms with Gasteiger partial charge in [0, 0.05) is 11.8 Å². The Morgan fingerprint density at radius 2 is 1.79 bits per heavy atom. The number of rotatable bonds is 8. The average molecular weight is 449 g/mol. The smallest absolute Gasteiger partial charge is 0.308 e. The Hall–Kier alpha value is -3.05. The van der Waals surface area contributed by atoms with Crippen LogP contribution in [-0.4, -0.2) is 29.6 Å². The molecule has 2 aromatic carbocycles. The summed E-state index contributed by atoms with van der Waals surface area (Å²) in [6.07, 6.45) is 6.17. The van der Waals surface area contributed by atoms with Crippen molar-refractivity contribution in [1.29, 1.82) is 0 Å². The quantitative estimate of drug-likeness (QED) is 0.441. The van der Waals surface area contributed by atoms with Crippen LogP contribution in [0.4, 0.5) is 4.39 Å². The predicted octanol–water partition coefficient (Wildman–Crippen LogP) is 5.28. The summed E-state index contributed by atoms with van der Waals surface area (Å²) in [4.78, 5) is 24.2. The first kappa shape index (κ1) is 23.1. The minimum Gasteiger partial charge on any atom is -0.466 e. The van der Waals surface area contributed by atoms with Gasteiger partial charge in [0.2, 0.25) is 0 Å². The highest BCUT2D eigenvalue weighted by molar-refractivity contribution is 5.95.